The van der Waals surface area contributed by atoms with Gasteiger partial charge in [0, 0.05) is 37.7 Å². The molecule has 0 aliphatic carbocycles. The smallest absolute Gasteiger partial charge is 0.257 e. The van der Waals surface area contributed by atoms with Crippen molar-refractivity contribution in [3.05, 3.63) is 54.1 Å². The summed E-state index contributed by atoms with van der Waals surface area (Å²) >= 11 is 5.41. The molecule has 0 aromatic heterocycles. The first-order valence-corrected chi connectivity index (χ1v) is 12.1. The fraction of sp³-hybridized carbons (Fsp3) is 0.423. The Labute approximate surface area is 207 Å². The molecule has 1 aliphatic rings. The van der Waals surface area contributed by atoms with Crippen molar-refractivity contribution in [1.29, 1.82) is 0 Å². The van der Waals surface area contributed by atoms with Gasteiger partial charge in [-0.2, -0.15) is 0 Å². The predicted molar refractivity (Wildman–Crippen MR) is 141 cm³/mol. The first kappa shape index (κ1) is 25.5. The number of carbonyl (C=O) groups is 2. The van der Waals surface area contributed by atoms with Crippen LogP contribution in [0.5, 0.6) is 5.75 Å². The molecule has 2 aromatic rings. The quantitative estimate of drug-likeness (QED) is 0.578. The molecule has 2 aromatic carbocycles. The van der Waals surface area contributed by atoms with Gasteiger partial charge in [0.1, 0.15) is 5.75 Å². The van der Waals surface area contributed by atoms with Crippen molar-refractivity contribution in [3.63, 3.8) is 0 Å². The topological polar surface area (TPSA) is 73.9 Å². The lowest BCUT2D eigenvalue weighted by molar-refractivity contribution is -0.134. The van der Waals surface area contributed by atoms with E-state index in [-0.39, 0.29) is 22.8 Å². The molecule has 7 nitrogen and oxygen atoms in total. The van der Waals surface area contributed by atoms with Crippen LogP contribution in [0.15, 0.2) is 48.5 Å². The normalized spacial score (nSPS) is 13.7. The third-order valence-electron chi connectivity index (χ3n) is 5.51. The lowest BCUT2D eigenvalue weighted by Crippen LogP contribution is -2.50. The SMILES string of the molecule is CC(C)COc1ccc(C(=O)NC(=S)Nc2ccccc2N2CCN(C(=O)C(C)C)CC2)cc1. The molecule has 0 unspecified atom stereocenters. The van der Waals surface area contributed by atoms with E-state index in [1.807, 2.05) is 43.0 Å². The number of nitrogens with one attached hydrogen (secondary N) is 2. The molecule has 1 heterocycles. The minimum absolute atomic E-state index is 0.00487. The number of nitrogens with zero attached hydrogens (tertiary/aromatic N) is 2. The van der Waals surface area contributed by atoms with E-state index >= 15 is 0 Å². The Hall–Kier alpha value is -3.13. The van der Waals surface area contributed by atoms with E-state index < -0.39 is 0 Å². The second kappa shape index (κ2) is 11.8. The molecule has 1 fully saturated rings. The van der Waals surface area contributed by atoms with E-state index in [1.54, 1.807) is 24.3 Å². The fourth-order valence-corrected chi connectivity index (χ4v) is 3.88. The Kier molecular flexibility index (Phi) is 8.87. The van der Waals surface area contributed by atoms with Gasteiger partial charge in [0.25, 0.3) is 5.91 Å². The largest absolute Gasteiger partial charge is 0.493 e. The van der Waals surface area contributed by atoms with Crippen molar-refractivity contribution >= 4 is 40.5 Å². The summed E-state index contributed by atoms with van der Waals surface area (Å²) in [5.74, 6) is 1.07. The second-order valence-electron chi connectivity index (χ2n) is 9.12. The lowest BCUT2D eigenvalue weighted by atomic mass is 10.1. The van der Waals surface area contributed by atoms with Gasteiger partial charge in [-0.05, 0) is 54.5 Å². The third-order valence-corrected chi connectivity index (χ3v) is 5.71. The van der Waals surface area contributed by atoms with Crippen LogP contribution < -0.4 is 20.3 Å². The van der Waals surface area contributed by atoms with Gasteiger partial charge in [-0.25, -0.2) is 0 Å². The Morgan fingerprint density at radius 1 is 0.971 bits per heavy atom. The van der Waals surface area contributed by atoms with Crippen LogP contribution in [-0.4, -0.2) is 54.6 Å². The maximum absolute atomic E-state index is 12.6. The summed E-state index contributed by atoms with van der Waals surface area (Å²) in [6.45, 7) is 11.5. The predicted octanol–water partition coefficient (Wildman–Crippen LogP) is 4.15. The molecule has 1 saturated heterocycles. The number of ether oxygens (including phenoxy) is 1. The third kappa shape index (κ3) is 6.93. The van der Waals surface area contributed by atoms with E-state index in [0.29, 0.717) is 31.2 Å². The van der Waals surface area contributed by atoms with Gasteiger partial charge in [0.05, 0.1) is 18.0 Å². The van der Waals surface area contributed by atoms with E-state index in [9.17, 15) is 9.59 Å². The number of carbonyl (C=O) groups excluding carboxylic acids is 2. The molecule has 1 aliphatic heterocycles. The zero-order chi connectivity index (χ0) is 24.7. The summed E-state index contributed by atoms with van der Waals surface area (Å²) in [5.41, 5.74) is 2.30. The maximum atomic E-state index is 12.6. The van der Waals surface area contributed by atoms with Gasteiger partial charge < -0.3 is 19.9 Å². The molecule has 2 N–H and O–H groups in total. The van der Waals surface area contributed by atoms with E-state index in [2.05, 4.69) is 29.4 Å². The van der Waals surface area contributed by atoms with Crippen LogP contribution in [0.2, 0.25) is 0 Å². The zero-order valence-corrected chi connectivity index (χ0v) is 21.2. The molecule has 0 saturated carbocycles. The summed E-state index contributed by atoms with van der Waals surface area (Å²) in [6, 6.07) is 14.8. The number of hydrogen-bond donors (Lipinski definition) is 2. The van der Waals surface area contributed by atoms with Gasteiger partial charge in [0.2, 0.25) is 5.91 Å². The fourth-order valence-electron chi connectivity index (χ4n) is 3.68. The number of piperazine rings is 1. The highest BCUT2D eigenvalue weighted by Gasteiger charge is 2.24. The highest BCUT2D eigenvalue weighted by Crippen LogP contribution is 2.27. The summed E-state index contributed by atoms with van der Waals surface area (Å²) < 4.78 is 5.67. The molecule has 0 spiro atoms. The van der Waals surface area contributed by atoms with Crippen LogP contribution >= 0.6 is 12.2 Å². The van der Waals surface area contributed by atoms with E-state index in [1.165, 1.54) is 0 Å². The molecular formula is C26H34N4O3S. The number of hydrogen-bond acceptors (Lipinski definition) is 5. The first-order chi connectivity index (χ1) is 16.2. The molecule has 2 amide bonds. The van der Waals surface area contributed by atoms with Crippen LogP contribution in [0, 0.1) is 11.8 Å². The Balaban J connectivity index is 1.57. The second-order valence-corrected chi connectivity index (χ2v) is 9.53. The summed E-state index contributed by atoms with van der Waals surface area (Å²) in [5, 5.41) is 6.13. The minimum atomic E-state index is -0.286. The average molecular weight is 483 g/mol. The highest BCUT2D eigenvalue weighted by molar-refractivity contribution is 7.80. The van der Waals surface area contributed by atoms with E-state index in [0.717, 1.165) is 30.2 Å². The van der Waals surface area contributed by atoms with Crippen LogP contribution in [-0.2, 0) is 4.79 Å². The lowest BCUT2D eigenvalue weighted by Gasteiger charge is -2.37. The van der Waals surface area contributed by atoms with E-state index in [4.69, 9.17) is 17.0 Å². The Bertz CT molecular complexity index is 999. The van der Waals surface area contributed by atoms with Crippen molar-refractivity contribution < 1.29 is 14.3 Å². The highest BCUT2D eigenvalue weighted by atomic mass is 32.1. The molecule has 182 valence electrons. The van der Waals surface area contributed by atoms with Crippen LogP contribution in [0.25, 0.3) is 0 Å². The van der Waals surface area contributed by atoms with Crippen LogP contribution in [0.4, 0.5) is 11.4 Å². The van der Waals surface area contributed by atoms with Crippen molar-refractivity contribution in [2.45, 2.75) is 27.7 Å². The summed E-state index contributed by atoms with van der Waals surface area (Å²) in [4.78, 5) is 29.1. The number of amides is 2. The molecule has 0 radical (unpaired) electrons. The molecule has 8 heteroatoms. The number of para-hydroxylation sites is 2. The molecule has 0 bridgehead atoms. The van der Waals surface area contributed by atoms with Crippen molar-refractivity contribution in [1.82, 2.24) is 10.2 Å². The first-order valence-electron chi connectivity index (χ1n) is 11.7. The summed E-state index contributed by atoms with van der Waals surface area (Å²) in [7, 11) is 0. The Morgan fingerprint density at radius 3 is 2.24 bits per heavy atom. The minimum Gasteiger partial charge on any atom is -0.493 e. The maximum Gasteiger partial charge on any atom is 0.257 e. The standard InChI is InChI=1S/C26H34N4O3S/c1-18(2)17-33-21-11-9-20(10-12-21)24(31)28-26(34)27-22-7-5-6-8-23(22)29-13-15-30(16-14-29)25(32)19(3)4/h5-12,18-19H,13-17H2,1-4H3,(H2,27,28,31,34). The Morgan fingerprint density at radius 2 is 1.62 bits per heavy atom. The monoisotopic (exact) mass is 482 g/mol. The number of anilines is 2. The molecule has 3 rings (SSSR count). The number of thiocarbonyl (C=S) groups is 1. The number of benzene rings is 2. The van der Waals surface area contributed by atoms with Crippen molar-refractivity contribution in [2.75, 3.05) is 43.0 Å². The average Bonchev–Trinajstić information content (AvgIpc) is 2.83. The van der Waals surface area contributed by atoms with Crippen LogP contribution in [0.1, 0.15) is 38.1 Å². The van der Waals surface area contributed by atoms with Gasteiger partial charge in [-0.3, -0.25) is 14.9 Å². The zero-order valence-electron chi connectivity index (χ0n) is 20.3. The molecule has 0 atom stereocenters. The summed E-state index contributed by atoms with van der Waals surface area (Å²) in [6.07, 6.45) is 0. The van der Waals surface area contributed by atoms with Gasteiger partial charge in [0.15, 0.2) is 5.11 Å². The van der Waals surface area contributed by atoms with Crippen molar-refractivity contribution in [2.24, 2.45) is 11.8 Å². The van der Waals surface area contributed by atoms with Crippen molar-refractivity contribution in [3.8, 4) is 5.75 Å². The van der Waals surface area contributed by atoms with Crippen LogP contribution in [0.3, 0.4) is 0 Å². The van der Waals surface area contributed by atoms with Gasteiger partial charge in [-0.15, -0.1) is 0 Å². The van der Waals surface area contributed by atoms with Gasteiger partial charge >= 0.3 is 0 Å². The number of rotatable bonds is 7. The molecular weight excluding hydrogens is 448 g/mol. The van der Waals surface area contributed by atoms with Gasteiger partial charge in [-0.1, -0.05) is 39.8 Å². The molecule has 34 heavy (non-hydrogen) atoms.